The minimum Gasteiger partial charge on any atom is -0.388 e. The molecule has 1 N–H and O–H groups in total. The first-order chi connectivity index (χ1) is 11.2. The Morgan fingerprint density at radius 2 is 2.35 bits per heavy atom. The summed E-state index contributed by atoms with van der Waals surface area (Å²) in [4.78, 5) is 3.37. The molecule has 2 aromatic rings. The highest BCUT2D eigenvalue weighted by molar-refractivity contribution is 7.10. The fourth-order valence-electron chi connectivity index (χ4n) is 3.10. The molecule has 7 heteroatoms. The van der Waals surface area contributed by atoms with Gasteiger partial charge in [-0.25, -0.2) is 0 Å². The summed E-state index contributed by atoms with van der Waals surface area (Å²) in [6, 6.07) is 4.16. The number of aliphatic hydroxyl groups is 1. The average molecular weight is 336 g/mol. The maximum atomic E-state index is 10.4. The lowest BCUT2D eigenvalue weighted by Crippen LogP contribution is -2.46. The van der Waals surface area contributed by atoms with Gasteiger partial charge in [0.05, 0.1) is 25.9 Å². The summed E-state index contributed by atoms with van der Waals surface area (Å²) >= 11 is 1.60. The van der Waals surface area contributed by atoms with Crippen molar-refractivity contribution in [1.82, 2.24) is 19.7 Å². The lowest BCUT2D eigenvalue weighted by molar-refractivity contribution is -0.0310. The Hall–Kier alpha value is -1.28. The Labute approximate surface area is 140 Å². The second-order valence-corrected chi connectivity index (χ2v) is 6.85. The zero-order valence-electron chi connectivity index (χ0n) is 13.7. The number of hydrogen-bond acceptors (Lipinski definition) is 6. The molecule has 126 valence electrons. The summed E-state index contributed by atoms with van der Waals surface area (Å²) in [6.45, 7) is 7.96. The molecule has 2 aromatic heterocycles. The van der Waals surface area contributed by atoms with Gasteiger partial charge in [0.25, 0.3) is 0 Å². The Kier molecular flexibility index (Phi) is 5.42. The van der Waals surface area contributed by atoms with Crippen molar-refractivity contribution in [2.75, 3.05) is 19.8 Å². The number of thiophene rings is 1. The smallest absolute Gasteiger partial charge is 0.147 e. The third-order valence-corrected chi connectivity index (χ3v) is 5.36. The van der Waals surface area contributed by atoms with Crippen LogP contribution >= 0.6 is 11.3 Å². The quantitative estimate of drug-likeness (QED) is 0.874. The van der Waals surface area contributed by atoms with Gasteiger partial charge in [0.15, 0.2) is 0 Å². The van der Waals surface area contributed by atoms with Crippen LogP contribution in [-0.2, 0) is 17.8 Å². The van der Waals surface area contributed by atoms with E-state index in [4.69, 9.17) is 4.74 Å². The molecule has 2 unspecified atom stereocenters. The Morgan fingerprint density at radius 1 is 1.48 bits per heavy atom. The topological polar surface area (TPSA) is 63.4 Å². The van der Waals surface area contributed by atoms with Crippen molar-refractivity contribution >= 4 is 11.3 Å². The van der Waals surface area contributed by atoms with E-state index in [1.807, 2.05) is 24.4 Å². The molecule has 3 heterocycles. The van der Waals surface area contributed by atoms with Crippen molar-refractivity contribution in [3.63, 3.8) is 0 Å². The van der Waals surface area contributed by atoms with E-state index in [1.165, 1.54) is 0 Å². The summed E-state index contributed by atoms with van der Waals surface area (Å²) in [5.41, 5.74) is 0. The van der Waals surface area contributed by atoms with Gasteiger partial charge in [-0.1, -0.05) is 6.07 Å². The standard InChI is InChI=1S/C16H24N4O2S/c1-3-20-12(2)17-18-16(20)10-19-6-7-22-11-13(19)9-14(21)15-5-4-8-23-15/h4-5,8,13-14,21H,3,6-7,9-11H2,1-2H3. The molecular weight excluding hydrogens is 312 g/mol. The third-order valence-electron chi connectivity index (χ3n) is 4.39. The minimum absolute atomic E-state index is 0.197. The number of hydrogen-bond donors (Lipinski definition) is 1. The van der Waals surface area contributed by atoms with Crippen molar-refractivity contribution in [3.8, 4) is 0 Å². The van der Waals surface area contributed by atoms with Crippen LogP contribution < -0.4 is 0 Å². The summed E-state index contributed by atoms with van der Waals surface area (Å²) in [7, 11) is 0. The number of rotatable bonds is 6. The van der Waals surface area contributed by atoms with E-state index in [2.05, 4.69) is 26.6 Å². The maximum Gasteiger partial charge on any atom is 0.147 e. The second-order valence-electron chi connectivity index (χ2n) is 5.87. The van der Waals surface area contributed by atoms with Crippen molar-refractivity contribution in [3.05, 3.63) is 34.0 Å². The molecule has 0 spiro atoms. The molecule has 2 atom stereocenters. The van der Waals surface area contributed by atoms with E-state index >= 15 is 0 Å². The van der Waals surface area contributed by atoms with Gasteiger partial charge in [0, 0.05) is 24.0 Å². The van der Waals surface area contributed by atoms with Gasteiger partial charge < -0.3 is 14.4 Å². The van der Waals surface area contributed by atoms with Crippen LogP contribution in [0, 0.1) is 6.92 Å². The second kappa shape index (κ2) is 7.53. The molecule has 3 rings (SSSR count). The van der Waals surface area contributed by atoms with Gasteiger partial charge in [0.1, 0.15) is 11.6 Å². The molecule has 1 saturated heterocycles. The predicted molar refractivity (Wildman–Crippen MR) is 89.3 cm³/mol. The van der Waals surface area contributed by atoms with E-state index in [0.29, 0.717) is 13.0 Å². The van der Waals surface area contributed by atoms with Gasteiger partial charge in [-0.2, -0.15) is 0 Å². The van der Waals surface area contributed by atoms with Crippen LogP contribution in [-0.4, -0.2) is 50.6 Å². The molecule has 6 nitrogen and oxygen atoms in total. The highest BCUT2D eigenvalue weighted by atomic mass is 32.1. The van der Waals surface area contributed by atoms with Crippen LogP contribution in [0.2, 0.25) is 0 Å². The average Bonchev–Trinajstić information content (AvgIpc) is 3.19. The molecule has 1 fully saturated rings. The Bertz CT molecular complexity index is 614. The van der Waals surface area contributed by atoms with Crippen molar-refractivity contribution < 1.29 is 9.84 Å². The third kappa shape index (κ3) is 3.80. The predicted octanol–water partition coefficient (Wildman–Crippen LogP) is 1.99. The molecule has 0 aromatic carbocycles. The minimum atomic E-state index is -0.435. The summed E-state index contributed by atoms with van der Waals surface area (Å²) in [5, 5.41) is 20.9. The van der Waals surface area contributed by atoms with Crippen LogP contribution in [0.4, 0.5) is 0 Å². The Balaban J connectivity index is 1.68. The molecule has 0 saturated carbocycles. The number of morpholine rings is 1. The SMILES string of the molecule is CCn1c(C)nnc1CN1CCOCC1CC(O)c1cccs1. The first kappa shape index (κ1) is 16.6. The normalized spacial score (nSPS) is 20.7. The first-order valence-electron chi connectivity index (χ1n) is 8.11. The number of nitrogens with zero attached hydrogens (tertiary/aromatic N) is 4. The summed E-state index contributed by atoms with van der Waals surface area (Å²) in [5.74, 6) is 1.94. The van der Waals surface area contributed by atoms with Gasteiger partial charge >= 0.3 is 0 Å². The first-order valence-corrected chi connectivity index (χ1v) is 8.99. The van der Waals surface area contributed by atoms with Gasteiger partial charge in [-0.05, 0) is 31.7 Å². The molecule has 0 bridgehead atoms. The van der Waals surface area contributed by atoms with Gasteiger partial charge in [-0.3, -0.25) is 4.90 Å². The van der Waals surface area contributed by atoms with E-state index in [9.17, 15) is 5.11 Å². The fourth-order valence-corrected chi connectivity index (χ4v) is 3.83. The monoisotopic (exact) mass is 336 g/mol. The van der Waals surface area contributed by atoms with Gasteiger partial charge in [0.2, 0.25) is 0 Å². The van der Waals surface area contributed by atoms with Crippen LogP contribution in [0.1, 0.15) is 36.0 Å². The van der Waals surface area contributed by atoms with Crippen molar-refractivity contribution in [2.45, 2.75) is 45.5 Å². The lowest BCUT2D eigenvalue weighted by atomic mass is 10.1. The van der Waals surface area contributed by atoms with E-state index in [-0.39, 0.29) is 6.04 Å². The van der Waals surface area contributed by atoms with Crippen molar-refractivity contribution in [2.24, 2.45) is 0 Å². The molecule has 1 aliphatic heterocycles. The van der Waals surface area contributed by atoms with Crippen LogP contribution in [0.5, 0.6) is 0 Å². The highest BCUT2D eigenvalue weighted by Gasteiger charge is 2.27. The lowest BCUT2D eigenvalue weighted by Gasteiger charge is -2.36. The summed E-state index contributed by atoms with van der Waals surface area (Å²) < 4.78 is 7.78. The zero-order valence-corrected chi connectivity index (χ0v) is 14.5. The van der Waals surface area contributed by atoms with E-state index in [0.717, 1.165) is 42.8 Å². The number of aryl methyl sites for hydroxylation is 1. The molecule has 0 aliphatic carbocycles. The van der Waals surface area contributed by atoms with Crippen LogP contribution in [0.25, 0.3) is 0 Å². The molecule has 0 radical (unpaired) electrons. The largest absolute Gasteiger partial charge is 0.388 e. The number of ether oxygens (including phenoxy) is 1. The van der Waals surface area contributed by atoms with E-state index in [1.54, 1.807) is 11.3 Å². The maximum absolute atomic E-state index is 10.4. The molecule has 0 amide bonds. The van der Waals surface area contributed by atoms with E-state index < -0.39 is 6.10 Å². The molecular formula is C16H24N4O2S. The van der Waals surface area contributed by atoms with Crippen molar-refractivity contribution in [1.29, 1.82) is 0 Å². The van der Waals surface area contributed by atoms with Crippen LogP contribution in [0.3, 0.4) is 0 Å². The van der Waals surface area contributed by atoms with Crippen LogP contribution in [0.15, 0.2) is 17.5 Å². The molecule has 23 heavy (non-hydrogen) atoms. The molecule has 1 aliphatic rings. The number of aliphatic hydroxyl groups excluding tert-OH is 1. The number of aromatic nitrogens is 3. The Morgan fingerprint density at radius 3 is 3.09 bits per heavy atom. The highest BCUT2D eigenvalue weighted by Crippen LogP contribution is 2.26. The fraction of sp³-hybridized carbons (Fsp3) is 0.625. The zero-order chi connectivity index (χ0) is 16.2. The summed E-state index contributed by atoms with van der Waals surface area (Å²) in [6.07, 6.45) is 0.245. The van der Waals surface area contributed by atoms with Gasteiger partial charge in [-0.15, -0.1) is 21.5 Å².